The van der Waals surface area contributed by atoms with Crippen molar-refractivity contribution in [2.24, 2.45) is 0 Å². The molecule has 22 heavy (non-hydrogen) atoms. The van der Waals surface area contributed by atoms with E-state index in [1.54, 1.807) is 28.5 Å². The van der Waals surface area contributed by atoms with Gasteiger partial charge in [0.05, 0.1) is 6.61 Å². The predicted octanol–water partition coefficient (Wildman–Crippen LogP) is 2.35. The van der Waals surface area contributed by atoms with E-state index in [9.17, 15) is 14.4 Å². The van der Waals surface area contributed by atoms with Crippen LogP contribution in [0.2, 0.25) is 0 Å². The van der Waals surface area contributed by atoms with E-state index in [2.05, 4.69) is 5.32 Å². The Morgan fingerprint density at radius 1 is 1.32 bits per heavy atom. The molecule has 2 N–H and O–H groups in total. The predicted molar refractivity (Wildman–Crippen MR) is 87.4 cm³/mol. The number of carbonyl (C=O) groups excluding carboxylic acids is 2. The number of amides is 1. The number of carboxylic acid groups (broad SMARTS) is 1. The Labute approximate surface area is 137 Å². The average molecular weight is 347 g/mol. The van der Waals surface area contributed by atoms with Gasteiger partial charge in [-0.3, -0.25) is 14.4 Å². The van der Waals surface area contributed by atoms with Crippen molar-refractivity contribution in [2.45, 2.75) is 44.8 Å². The van der Waals surface area contributed by atoms with Crippen molar-refractivity contribution < 1.29 is 24.2 Å². The Hall–Kier alpha value is -1.15. The van der Waals surface area contributed by atoms with E-state index >= 15 is 0 Å². The van der Waals surface area contributed by atoms with Crippen LogP contribution in [-0.2, 0) is 19.1 Å². The Kier molecular flexibility index (Phi) is 8.40. The van der Waals surface area contributed by atoms with E-state index in [4.69, 9.17) is 9.84 Å². The summed E-state index contributed by atoms with van der Waals surface area (Å²) in [4.78, 5) is 34.4. The maximum absolute atomic E-state index is 11.9. The first-order valence-corrected chi connectivity index (χ1v) is 9.34. The molecule has 0 aromatic heterocycles. The third kappa shape index (κ3) is 7.74. The third-order valence-electron chi connectivity index (χ3n) is 2.79. The number of hydrogen-bond acceptors (Lipinski definition) is 6. The maximum atomic E-state index is 11.9. The van der Waals surface area contributed by atoms with Gasteiger partial charge in [0.1, 0.15) is 6.42 Å². The molecule has 0 unspecified atom stereocenters. The van der Waals surface area contributed by atoms with Crippen LogP contribution in [0.4, 0.5) is 0 Å². The zero-order valence-electron chi connectivity index (χ0n) is 12.7. The summed E-state index contributed by atoms with van der Waals surface area (Å²) in [7, 11) is 3.28. The molecule has 8 heteroatoms. The minimum atomic E-state index is -1.21. The van der Waals surface area contributed by atoms with Crippen molar-refractivity contribution >= 4 is 39.4 Å². The van der Waals surface area contributed by atoms with Crippen LogP contribution in [0.3, 0.4) is 0 Å². The summed E-state index contributed by atoms with van der Waals surface area (Å²) < 4.78 is 4.89. The highest BCUT2D eigenvalue weighted by Crippen LogP contribution is 2.46. The molecule has 0 saturated heterocycles. The van der Waals surface area contributed by atoms with Gasteiger partial charge >= 0.3 is 11.9 Å². The zero-order chi connectivity index (χ0) is 16.5. The normalized spacial score (nSPS) is 15.0. The van der Waals surface area contributed by atoms with Gasteiger partial charge < -0.3 is 15.2 Å². The summed E-state index contributed by atoms with van der Waals surface area (Å²) in [5.74, 6) is -2.10. The van der Waals surface area contributed by atoms with Crippen LogP contribution in [0.25, 0.3) is 0 Å². The second kappa shape index (κ2) is 9.78. The minimum absolute atomic E-state index is 0.0798. The van der Waals surface area contributed by atoms with Crippen molar-refractivity contribution in [1.82, 2.24) is 5.32 Å². The molecule has 1 aliphatic rings. The van der Waals surface area contributed by atoms with Gasteiger partial charge in [-0.25, -0.2) is 0 Å². The molecule has 0 heterocycles. The van der Waals surface area contributed by atoms with Crippen LogP contribution in [0.1, 0.15) is 39.5 Å². The average Bonchev–Trinajstić information content (AvgIpc) is 3.25. The molecule has 1 fully saturated rings. The monoisotopic (exact) mass is 347 g/mol. The molecular weight excluding hydrogens is 326 g/mol. The summed E-state index contributed by atoms with van der Waals surface area (Å²) in [5.41, 5.74) is 0.620. The number of hydrogen-bond donors (Lipinski definition) is 2. The number of esters is 1. The molecule has 0 spiro atoms. The molecule has 1 rings (SSSR count). The van der Waals surface area contributed by atoms with Crippen molar-refractivity contribution in [3.63, 3.8) is 0 Å². The second-order valence-corrected chi connectivity index (χ2v) is 7.42. The standard InChI is InChI=1S/C14H21NO5S2/c1-3-15-14(19)9(2)11(22-21-10-4-5-10)6-7-20-13(18)8-12(16)17/h10H,3-8H2,1-2H3,(H,15,19)(H,16,17)/b11-9-. The van der Waals surface area contributed by atoms with Gasteiger partial charge in [0.2, 0.25) is 5.91 Å². The fourth-order valence-electron chi connectivity index (χ4n) is 1.43. The molecule has 1 aliphatic carbocycles. The first-order chi connectivity index (χ1) is 10.4. The van der Waals surface area contributed by atoms with E-state index in [0.29, 0.717) is 23.8 Å². The Morgan fingerprint density at radius 2 is 2.00 bits per heavy atom. The van der Waals surface area contributed by atoms with Crippen LogP contribution >= 0.6 is 21.6 Å². The summed E-state index contributed by atoms with van der Waals surface area (Å²) in [6, 6.07) is 0. The van der Waals surface area contributed by atoms with Gasteiger partial charge in [-0.05, 0) is 26.7 Å². The van der Waals surface area contributed by atoms with Crippen molar-refractivity contribution in [2.75, 3.05) is 13.2 Å². The lowest BCUT2D eigenvalue weighted by molar-refractivity contribution is -0.151. The van der Waals surface area contributed by atoms with E-state index in [1.807, 2.05) is 6.92 Å². The van der Waals surface area contributed by atoms with Gasteiger partial charge in [-0.2, -0.15) is 0 Å². The van der Waals surface area contributed by atoms with Crippen LogP contribution in [0.15, 0.2) is 10.5 Å². The number of carboxylic acids is 1. The molecule has 6 nitrogen and oxygen atoms in total. The first kappa shape index (κ1) is 18.9. The minimum Gasteiger partial charge on any atom is -0.481 e. The molecule has 0 radical (unpaired) electrons. The lowest BCUT2D eigenvalue weighted by atomic mass is 10.2. The SMILES string of the molecule is CCNC(=O)/C(C)=C(/CCOC(=O)CC(=O)O)SSC1CC1. The van der Waals surface area contributed by atoms with Crippen molar-refractivity contribution in [3.8, 4) is 0 Å². The summed E-state index contributed by atoms with van der Waals surface area (Å²) in [6.45, 7) is 4.23. The molecule has 0 aromatic rings. The van der Waals surface area contributed by atoms with E-state index < -0.39 is 18.4 Å². The topological polar surface area (TPSA) is 92.7 Å². The highest BCUT2D eigenvalue weighted by Gasteiger charge is 2.24. The van der Waals surface area contributed by atoms with Crippen LogP contribution in [-0.4, -0.2) is 41.4 Å². The summed E-state index contributed by atoms with van der Waals surface area (Å²) in [6.07, 6.45) is 2.16. The Morgan fingerprint density at radius 3 is 2.55 bits per heavy atom. The highest BCUT2D eigenvalue weighted by atomic mass is 33.1. The quantitative estimate of drug-likeness (QED) is 0.271. The Bertz CT molecular complexity index is 460. The number of nitrogens with one attached hydrogen (secondary N) is 1. The molecule has 0 aliphatic heterocycles. The lowest BCUT2D eigenvalue weighted by Gasteiger charge is -2.11. The van der Waals surface area contributed by atoms with Crippen molar-refractivity contribution in [3.05, 3.63) is 10.5 Å². The Balaban J connectivity index is 2.53. The van der Waals surface area contributed by atoms with E-state index in [1.165, 1.54) is 12.8 Å². The number of ether oxygens (including phenoxy) is 1. The molecular formula is C14H21NO5S2. The van der Waals surface area contributed by atoms with Crippen molar-refractivity contribution in [1.29, 1.82) is 0 Å². The van der Waals surface area contributed by atoms with E-state index in [0.717, 1.165) is 4.91 Å². The van der Waals surface area contributed by atoms with Gasteiger partial charge in [0, 0.05) is 28.7 Å². The van der Waals surface area contributed by atoms with Gasteiger partial charge in [0.25, 0.3) is 0 Å². The maximum Gasteiger partial charge on any atom is 0.317 e. The fraction of sp³-hybridized carbons (Fsp3) is 0.643. The van der Waals surface area contributed by atoms with Gasteiger partial charge in [0.15, 0.2) is 0 Å². The molecule has 0 bridgehead atoms. The van der Waals surface area contributed by atoms with Gasteiger partial charge in [-0.1, -0.05) is 21.6 Å². The smallest absolute Gasteiger partial charge is 0.317 e. The molecule has 124 valence electrons. The lowest BCUT2D eigenvalue weighted by Crippen LogP contribution is -2.24. The molecule has 0 atom stereocenters. The largest absolute Gasteiger partial charge is 0.481 e. The molecule has 1 amide bonds. The number of rotatable bonds is 10. The number of aliphatic carboxylic acids is 1. The zero-order valence-corrected chi connectivity index (χ0v) is 14.3. The van der Waals surface area contributed by atoms with Gasteiger partial charge in [-0.15, -0.1) is 0 Å². The number of carbonyl (C=O) groups is 3. The first-order valence-electron chi connectivity index (χ1n) is 7.12. The molecule has 0 aromatic carbocycles. The number of likely N-dealkylation sites (N-methyl/N-ethyl adjacent to an activating group) is 1. The van der Waals surface area contributed by atoms with Crippen LogP contribution in [0.5, 0.6) is 0 Å². The van der Waals surface area contributed by atoms with Crippen LogP contribution < -0.4 is 5.32 Å². The van der Waals surface area contributed by atoms with E-state index in [-0.39, 0.29) is 12.5 Å². The summed E-state index contributed by atoms with van der Waals surface area (Å²) in [5, 5.41) is 11.9. The second-order valence-electron chi connectivity index (χ2n) is 4.83. The van der Waals surface area contributed by atoms with Crippen LogP contribution in [0, 0.1) is 0 Å². The fourth-order valence-corrected chi connectivity index (χ4v) is 4.36. The molecule has 1 saturated carbocycles. The highest BCUT2D eigenvalue weighted by molar-refractivity contribution is 8.78. The summed E-state index contributed by atoms with van der Waals surface area (Å²) >= 11 is 0. The third-order valence-corrected chi connectivity index (χ3v) is 6.05.